The van der Waals surface area contributed by atoms with E-state index in [1.165, 1.54) is 0 Å². The van der Waals surface area contributed by atoms with E-state index in [-0.39, 0.29) is 16.1 Å². The minimum atomic E-state index is -2.96. The molecule has 0 amide bonds. The molecular weight excluding hydrogens is 348 g/mol. The fourth-order valence-corrected chi connectivity index (χ4v) is 10.1. The van der Waals surface area contributed by atoms with Crippen molar-refractivity contribution >= 4 is 28.6 Å². The summed E-state index contributed by atoms with van der Waals surface area (Å²) in [6.07, 6.45) is 0. The Labute approximate surface area is 148 Å². The van der Waals surface area contributed by atoms with Crippen LogP contribution in [0.25, 0.3) is 0 Å². The summed E-state index contributed by atoms with van der Waals surface area (Å²) in [5.74, 6) is 0. The zero-order valence-electron chi connectivity index (χ0n) is 15.3. The minimum Gasteiger partial charge on any atom is -0.374 e. The first-order valence-corrected chi connectivity index (χ1v) is 12.0. The lowest BCUT2D eigenvalue weighted by molar-refractivity contribution is 0.0349. The maximum atomic E-state index is 6.01. The quantitative estimate of drug-likeness (QED) is 0.422. The van der Waals surface area contributed by atoms with Gasteiger partial charge in [0, 0.05) is 39.6 Å². The fraction of sp³-hybridized carbons (Fsp3) is 1.00. The zero-order valence-corrected chi connectivity index (χ0v) is 17.3. The Hall–Kier alpha value is 0.411. The first kappa shape index (κ1) is 25.6. The van der Waals surface area contributed by atoms with Crippen LogP contribution in [0.3, 0.4) is 0 Å². The van der Waals surface area contributed by atoms with E-state index < -0.39 is 17.6 Å². The Kier molecular flexibility index (Phi) is 15.2. The normalized spacial score (nSPS) is 12.5. The van der Waals surface area contributed by atoms with E-state index in [9.17, 15) is 0 Å². The molecule has 0 saturated carbocycles. The molecule has 0 aromatic carbocycles. The summed E-state index contributed by atoms with van der Waals surface area (Å²) in [4.78, 5) is 0. The topological polar surface area (TPSA) is 55.4 Å². The standard InChI is InChI=1S/C14H34O6Si2.H4Si/c1-8-15-21(16-9-2,17-10-3)14(7)22(18-11-4,19-12-5)20-13-6;/h14H,8-13H2,1-7H3;1H4. The van der Waals surface area contributed by atoms with Crippen molar-refractivity contribution in [1.82, 2.24) is 0 Å². The van der Waals surface area contributed by atoms with Gasteiger partial charge in [0.15, 0.2) is 0 Å². The fourth-order valence-electron chi connectivity index (χ4n) is 2.42. The van der Waals surface area contributed by atoms with Gasteiger partial charge in [0.05, 0.1) is 5.16 Å². The van der Waals surface area contributed by atoms with Crippen molar-refractivity contribution in [2.75, 3.05) is 39.6 Å². The van der Waals surface area contributed by atoms with Crippen LogP contribution < -0.4 is 0 Å². The highest BCUT2D eigenvalue weighted by molar-refractivity contribution is 6.82. The summed E-state index contributed by atoms with van der Waals surface area (Å²) in [7, 11) is -5.92. The molecule has 23 heavy (non-hydrogen) atoms. The van der Waals surface area contributed by atoms with E-state index in [0.29, 0.717) is 39.6 Å². The highest BCUT2D eigenvalue weighted by Gasteiger charge is 2.63. The minimum absolute atomic E-state index is 0. The second-order valence-electron chi connectivity index (χ2n) is 4.53. The first-order chi connectivity index (χ1) is 10.5. The highest BCUT2D eigenvalue weighted by atomic mass is 28.5. The van der Waals surface area contributed by atoms with Crippen LogP contribution in [0.15, 0.2) is 0 Å². The van der Waals surface area contributed by atoms with Gasteiger partial charge < -0.3 is 26.6 Å². The third-order valence-corrected chi connectivity index (χ3v) is 11.5. The lowest BCUT2D eigenvalue weighted by Crippen LogP contribution is -2.63. The molecule has 0 fully saturated rings. The largest absolute Gasteiger partial charge is 0.508 e. The van der Waals surface area contributed by atoms with Crippen molar-refractivity contribution in [3.05, 3.63) is 0 Å². The van der Waals surface area contributed by atoms with Crippen LogP contribution in [0.2, 0.25) is 5.16 Å². The van der Waals surface area contributed by atoms with E-state index in [0.717, 1.165) is 0 Å². The summed E-state index contributed by atoms with van der Waals surface area (Å²) < 4.78 is 36.0. The van der Waals surface area contributed by atoms with Crippen LogP contribution >= 0.6 is 0 Å². The molecule has 0 heterocycles. The second kappa shape index (κ2) is 13.7. The summed E-state index contributed by atoms with van der Waals surface area (Å²) >= 11 is 0. The molecule has 0 spiro atoms. The summed E-state index contributed by atoms with van der Waals surface area (Å²) in [6, 6.07) is 0. The van der Waals surface area contributed by atoms with E-state index in [4.69, 9.17) is 26.6 Å². The Bertz CT molecular complexity index is 223. The van der Waals surface area contributed by atoms with Gasteiger partial charge in [-0.25, -0.2) is 0 Å². The van der Waals surface area contributed by atoms with Crippen LogP contribution in [-0.2, 0) is 26.6 Å². The molecule has 0 rings (SSSR count). The number of rotatable bonds is 14. The van der Waals surface area contributed by atoms with Crippen LogP contribution in [0, 0.1) is 0 Å². The van der Waals surface area contributed by atoms with Gasteiger partial charge in [-0.15, -0.1) is 0 Å². The van der Waals surface area contributed by atoms with Gasteiger partial charge in [0.2, 0.25) is 0 Å². The summed E-state index contributed by atoms with van der Waals surface area (Å²) in [6.45, 7) is 16.8. The SMILES string of the molecule is CCO[Si](OCC)(OCC)C(C)[Si](OCC)(OCC)OCC.[SiH4]. The molecule has 0 N–H and O–H groups in total. The van der Waals surface area contributed by atoms with Gasteiger partial charge in [-0.05, 0) is 52.5 Å². The van der Waals surface area contributed by atoms with Crippen molar-refractivity contribution in [3.63, 3.8) is 0 Å². The highest BCUT2D eigenvalue weighted by Crippen LogP contribution is 2.36. The second-order valence-corrected chi connectivity index (χ2v) is 11.0. The van der Waals surface area contributed by atoms with Crippen molar-refractivity contribution in [1.29, 1.82) is 0 Å². The van der Waals surface area contributed by atoms with Gasteiger partial charge in [0.25, 0.3) is 0 Å². The van der Waals surface area contributed by atoms with Gasteiger partial charge in [0.1, 0.15) is 0 Å². The van der Waals surface area contributed by atoms with Gasteiger partial charge in [-0.3, -0.25) is 0 Å². The Morgan fingerprint density at radius 2 is 0.696 bits per heavy atom. The van der Waals surface area contributed by atoms with Gasteiger partial charge >= 0.3 is 17.6 Å². The predicted molar refractivity (Wildman–Crippen MR) is 102 cm³/mol. The molecule has 0 aromatic rings. The maximum absolute atomic E-state index is 6.01. The smallest absolute Gasteiger partial charge is 0.374 e. The number of hydrogen-bond acceptors (Lipinski definition) is 6. The molecule has 0 bridgehead atoms. The monoisotopic (exact) mass is 386 g/mol. The average molecular weight is 387 g/mol. The van der Waals surface area contributed by atoms with Gasteiger partial charge in [-0.1, -0.05) is 6.92 Å². The van der Waals surface area contributed by atoms with Crippen LogP contribution in [0.1, 0.15) is 48.5 Å². The molecule has 9 heteroatoms. The van der Waals surface area contributed by atoms with Crippen molar-refractivity contribution in [2.45, 2.75) is 53.6 Å². The molecule has 0 aliphatic carbocycles. The third-order valence-electron chi connectivity index (χ3n) is 3.13. The summed E-state index contributed by atoms with van der Waals surface area (Å²) in [5.41, 5.74) is 0. The molecule has 0 atom stereocenters. The third kappa shape index (κ3) is 7.04. The molecule has 0 radical (unpaired) electrons. The van der Waals surface area contributed by atoms with Crippen LogP contribution in [-0.4, -0.2) is 68.2 Å². The number of hydrogen-bond donors (Lipinski definition) is 0. The van der Waals surface area contributed by atoms with E-state index in [1.807, 2.05) is 48.5 Å². The molecule has 0 aromatic heterocycles. The Morgan fingerprint density at radius 3 is 0.826 bits per heavy atom. The van der Waals surface area contributed by atoms with Crippen LogP contribution in [0.5, 0.6) is 0 Å². The van der Waals surface area contributed by atoms with Crippen molar-refractivity contribution < 1.29 is 26.6 Å². The maximum Gasteiger partial charge on any atom is 0.508 e. The molecule has 6 nitrogen and oxygen atoms in total. The lowest BCUT2D eigenvalue weighted by Gasteiger charge is -2.40. The molecule has 0 unspecified atom stereocenters. The predicted octanol–water partition coefficient (Wildman–Crippen LogP) is 1.56. The summed E-state index contributed by atoms with van der Waals surface area (Å²) in [5, 5.41) is -0.181. The van der Waals surface area contributed by atoms with Crippen LogP contribution in [0.4, 0.5) is 0 Å². The molecule has 0 aliphatic rings. The lowest BCUT2D eigenvalue weighted by atomic mass is 10.9. The van der Waals surface area contributed by atoms with Crippen molar-refractivity contribution in [2.24, 2.45) is 0 Å². The Morgan fingerprint density at radius 1 is 0.522 bits per heavy atom. The van der Waals surface area contributed by atoms with Crippen molar-refractivity contribution in [3.8, 4) is 0 Å². The molecule has 0 saturated heterocycles. The van der Waals surface area contributed by atoms with Gasteiger partial charge in [-0.2, -0.15) is 0 Å². The Balaban J connectivity index is 0. The molecular formula is C14H38O6Si3. The van der Waals surface area contributed by atoms with E-state index in [2.05, 4.69) is 0 Å². The van der Waals surface area contributed by atoms with E-state index >= 15 is 0 Å². The zero-order chi connectivity index (χ0) is 17.1. The van der Waals surface area contributed by atoms with E-state index in [1.54, 1.807) is 0 Å². The molecule has 142 valence electrons. The first-order valence-electron chi connectivity index (χ1n) is 8.35. The molecule has 0 aliphatic heterocycles. The average Bonchev–Trinajstić information content (AvgIpc) is 2.48.